The molecule has 3 heteroatoms. The number of nitrogens with one attached hydrogen (secondary N) is 1. The molecule has 20 heavy (non-hydrogen) atoms. The molecule has 2 aliphatic rings. The molecule has 1 aliphatic carbocycles. The van der Waals surface area contributed by atoms with E-state index >= 15 is 0 Å². The zero-order valence-corrected chi connectivity index (χ0v) is 13.7. The SMILES string of the molecule is CC1=CC(C)CC(CNCCCN2CCN(C)CC2)C1. The van der Waals surface area contributed by atoms with Crippen LogP contribution in [0.3, 0.4) is 0 Å². The van der Waals surface area contributed by atoms with E-state index in [2.05, 4.69) is 42.1 Å². The molecule has 0 saturated carbocycles. The van der Waals surface area contributed by atoms with E-state index in [4.69, 9.17) is 0 Å². The topological polar surface area (TPSA) is 18.5 Å². The lowest BCUT2D eigenvalue weighted by molar-refractivity contribution is 0.152. The highest BCUT2D eigenvalue weighted by Crippen LogP contribution is 2.27. The molecule has 2 atom stereocenters. The molecule has 1 N–H and O–H groups in total. The van der Waals surface area contributed by atoms with Crippen LogP contribution in [-0.2, 0) is 0 Å². The van der Waals surface area contributed by atoms with Crippen molar-refractivity contribution in [3.8, 4) is 0 Å². The summed E-state index contributed by atoms with van der Waals surface area (Å²) in [6.07, 6.45) is 6.41. The van der Waals surface area contributed by atoms with Crippen molar-refractivity contribution in [1.82, 2.24) is 15.1 Å². The lowest BCUT2D eigenvalue weighted by atomic mass is 9.84. The van der Waals surface area contributed by atoms with Gasteiger partial charge in [-0.3, -0.25) is 0 Å². The minimum Gasteiger partial charge on any atom is -0.316 e. The molecule has 1 fully saturated rings. The van der Waals surface area contributed by atoms with Gasteiger partial charge >= 0.3 is 0 Å². The summed E-state index contributed by atoms with van der Waals surface area (Å²) in [6, 6.07) is 0. The van der Waals surface area contributed by atoms with Gasteiger partial charge in [0.25, 0.3) is 0 Å². The molecular formula is C17H33N3. The van der Waals surface area contributed by atoms with Gasteiger partial charge in [-0.25, -0.2) is 0 Å². The van der Waals surface area contributed by atoms with E-state index in [1.54, 1.807) is 5.57 Å². The molecular weight excluding hydrogens is 246 g/mol. The van der Waals surface area contributed by atoms with Gasteiger partial charge in [-0.1, -0.05) is 18.6 Å². The molecule has 3 nitrogen and oxygen atoms in total. The molecule has 0 amide bonds. The van der Waals surface area contributed by atoms with Gasteiger partial charge in [-0.15, -0.1) is 0 Å². The van der Waals surface area contributed by atoms with Crippen LogP contribution in [0.5, 0.6) is 0 Å². The zero-order chi connectivity index (χ0) is 14.4. The molecule has 0 radical (unpaired) electrons. The first-order valence-electron chi connectivity index (χ1n) is 8.42. The Morgan fingerprint density at radius 1 is 1.25 bits per heavy atom. The number of hydrogen-bond acceptors (Lipinski definition) is 3. The molecule has 2 rings (SSSR count). The van der Waals surface area contributed by atoms with E-state index in [-0.39, 0.29) is 0 Å². The normalized spacial score (nSPS) is 29.4. The predicted molar refractivity (Wildman–Crippen MR) is 87.1 cm³/mol. The quantitative estimate of drug-likeness (QED) is 0.594. The highest BCUT2D eigenvalue weighted by atomic mass is 15.2. The maximum absolute atomic E-state index is 3.68. The third-order valence-electron chi connectivity index (χ3n) is 4.74. The van der Waals surface area contributed by atoms with Crippen LogP contribution in [0.15, 0.2) is 11.6 Å². The first-order chi connectivity index (χ1) is 9.63. The molecule has 0 spiro atoms. The molecule has 1 saturated heterocycles. The summed E-state index contributed by atoms with van der Waals surface area (Å²) in [5.74, 6) is 1.64. The standard InChI is InChI=1S/C17H33N3/c1-15-11-16(2)13-17(12-15)14-18-5-4-6-20-9-7-19(3)8-10-20/h11,15,17-18H,4-10,12-14H2,1-3H3. The second-order valence-electron chi connectivity index (χ2n) is 7.00. The van der Waals surface area contributed by atoms with Gasteiger partial charge < -0.3 is 15.1 Å². The van der Waals surface area contributed by atoms with Crippen LogP contribution in [0.1, 0.15) is 33.1 Å². The third-order valence-corrected chi connectivity index (χ3v) is 4.74. The largest absolute Gasteiger partial charge is 0.316 e. The molecule has 116 valence electrons. The summed E-state index contributed by atoms with van der Waals surface area (Å²) in [5.41, 5.74) is 1.59. The van der Waals surface area contributed by atoms with Crippen molar-refractivity contribution in [2.75, 3.05) is 52.9 Å². The third kappa shape index (κ3) is 5.55. The second-order valence-corrected chi connectivity index (χ2v) is 7.00. The summed E-state index contributed by atoms with van der Waals surface area (Å²) < 4.78 is 0. The molecule has 0 bridgehead atoms. The van der Waals surface area contributed by atoms with Crippen LogP contribution in [0.4, 0.5) is 0 Å². The van der Waals surface area contributed by atoms with Gasteiger partial charge in [0.05, 0.1) is 0 Å². The number of rotatable bonds is 6. The van der Waals surface area contributed by atoms with E-state index in [0.717, 1.165) is 11.8 Å². The highest BCUT2D eigenvalue weighted by Gasteiger charge is 2.17. The maximum Gasteiger partial charge on any atom is 0.0110 e. The van der Waals surface area contributed by atoms with Crippen molar-refractivity contribution in [3.63, 3.8) is 0 Å². The molecule has 1 heterocycles. The molecule has 2 unspecified atom stereocenters. The van der Waals surface area contributed by atoms with E-state index in [9.17, 15) is 0 Å². The van der Waals surface area contributed by atoms with E-state index in [1.165, 1.54) is 65.1 Å². The van der Waals surface area contributed by atoms with Gasteiger partial charge in [0.15, 0.2) is 0 Å². The van der Waals surface area contributed by atoms with E-state index < -0.39 is 0 Å². The second kappa shape index (κ2) is 8.16. The van der Waals surface area contributed by atoms with Gasteiger partial charge in [-0.2, -0.15) is 0 Å². The summed E-state index contributed by atoms with van der Waals surface area (Å²) in [4.78, 5) is 5.03. The van der Waals surface area contributed by atoms with Gasteiger partial charge in [0.2, 0.25) is 0 Å². The first-order valence-corrected chi connectivity index (χ1v) is 8.42. The van der Waals surface area contributed by atoms with Crippen molar-refractivity contribution in [2.24, 2.45) is 11.8 Å². The molecule has 0 aromatic heterocycles. The Balaban J connectivity index is 1.51. The van der Waals surface area contributed by atoms with Crippen molar-refractivity contribution < 1.29 is 0 Å². The highest BCUT2D eigenvalue weighted by molar-refractivity contribution is 5.06. The average Bonchev–Trinajstić information content (AvgIpc) is 2.39. The van der Waals surface area contributed by atoms with Crippen molar-refractivity contribution in [2.45, 2.75) is 33.1 Å². The van der Waals surface area contributed by atoms with Crippen LogP contribution >= 0.6 is 0 Å². The Morgan fingerprint density at radius 3 is 2.70 bits per heavy atom. The molecule has 0 aromatic carbocycles. The fourth-order valence-electron chi connectivity index (χ4n) is 3.65. The number of nitrogens with zero attached hydrogens (tertiary/aromatic N) is 2. The summed E-state index contributed by atoms with van der Waals surface area (Å²) >= 11 is 0. The Hall–Kier alpha value is -0.380. The van der Waals surface area contributed by atoms with Crippen molar-refractivity contribution in [1.29, 1.82) is 0 Å². The molecule has 0 aromatic rings. The molecule has 1 aliphatic heterocycles. The van der Waals surface area contributed by atoms with Crippen LogP contribution in [-0.4, -0.2) is 62.7 Å². The number of hydrogen-bond donors (Lipinski definition) is 1. The number of piperazine rings is 1. The average molecular weight is 279 g/mol. The van der Waals surface area contributed by atoms with Gasteiger partial charge in [-0.05, 0) is 64.7 Å². The summed E-state index contributed by atoms with van der Waals surface area (Å²) in [7, 11) is 2.22. The Morgan fingerprint density at radius 2 is 2.00 bits per heavy atom. The van der Waals surface area contributed by atoms with Crippen LogP contribution < -0.4 is 5.32 Å². The monoisotopic (exact) mass is 279 g/mol. The lowest BCUT2D eigenvalue weighted by Crippen LogP contribution is -2.45. The predicted octanol–water partition coefficient (Wildman–Crippen LogP) is 2.21. The fourth-order valence-corrected chi connectivity index (χ4v) is 3.65. The zero-order valence-electron chi connectivity index (χ0n) is 13.7. The Bertz CT molecular complexity index is 305. The number of allylic oxidation sites excluding steroid dienone is 2. The van der Waals surface area contributed by atoms with E-state index in [0.29, 0.717) is 0 Å². The van der Waals surface area contributed by atoms with Crippen molar-refractivity contribution >= 4 is 0 Å². The van der Waals surface area contributed by atoms with Gasteiger partial charge in [0.1, 0.15) is 0 Å². The van der Waals surface area contributed by atoms with Crippen molar-refractivity contribution in [3.05, 3.63) is 11.6 Å². The number of likely N-dealkylation sites (N-methyl/N-ethyl adjacent to an activating group) is 1. The maximum atomic E-state index is 3.68. The van der Waals surface area contributed by atoms with Crippen LogP contribution in [0.2, 0.25) is 0 Å². The van der Waals surface area contributed by atoms with E-state index in [1.807, 2.05) is 0 Å². The summed E-state index contributed by atoms with van der Waals surface area (Å²) in [6.45, 7) is 13.3. The minimum absolute atomic E-state index is 0.779. The fraction of sp³-hybridized carbons (Fsp3) is 0.882. The first kappa shape index (κ1) is 16.0. The smallest absolute Gasteiger partial charge is 0.0110 e. The van der Waals surface area contributed by atoms with Crippen LogP contribution in [0, 0.1) is 11.8 Å². The summed E-state index contributed by atoms with van der Waals surface area (Å²) in [5, 5.41) is 3.68. The van der Waals surface area contributed by atoms with Crippen LogP contribution in [0.25, 0.3) is 0 Å². The Kier molecular flexibility index (Phi) is 6.53. The Labute approximate surface area is 125 Å². The lowest BCUT2D eigenvalue weighted by Gasteiger charge is -2.32. The van der Waals surface area contributed by atoms with Gasteiger partial charge in [0, 0.05) is 26.2 Å². The minimum atomic E-state index is 0.779.